The largest absolute Gasteiger partial charge is 0.352 e. The van der Waals surface area contributed by atoms with Gasteiger partial charge in [-0.15, -0.1) is 0 Å². The Hall–Kier alpha value is -1.35. The van der Waals surface area contributed by atoms with Gasteiger partial charge in [-0.3, -0.25) is 4.79 Å². The highest BCUT2D eigenvalue weighted by molar-refractivity contribution is 5.94. The molecule has 1 amide bonds. The third-order valence-electron chi connectivity index (χ3n) is 3.14. The Kier molecular flexibility index (Phi) is 6.44. The molecule has 1 aromatic rings. The maximum atomic E-state index is 11.7. The number of nitrogens with zero attached hydrogens (tertiary/aromatic N) is 1. The van der Waals surface area contributed by atoms with Gasteiger partial charge >= 0.3 is 0 Å². The second kappa shape index (κ2) is 7.88. The Morgan fingerprint density at radius 3 is 2.50 bits per heavy atom. The molecule has 1 aromatic carbocycles. The van der Waals surface area contributed by atoms with E-state index in [4.69, 9.17) is 0 Å². The van der Waals surface area contributed by atoms with Gasteiger partial charge in [0.05, 0.1) is 0 Å². The fourth-order valence-electron chi connectivity index (χ4n) is 1.64. The lowest BCUT2D eigenvalue weighted by molar-refractivity contribution is 0.0952. The second-order valence-electron chi connectivity index (χ2n) is 4.90. The van der Waals surface area contributed by atoms with E-state index in [1.165, 1.54) is 0 Å². The number of amides is 1. The molecule has 1 rings (SSSR count). The number of carbonyl (C=O) groups is 1. The van der Waals surface area contributed by atoms with E-state index in [1.54, 1.807) is 0 Å². The predicted octanol–water partition coefficient (Wildman–Crippen LogP) is 2.54. The van der Waals surface area contributed by atoms with Crippen molar-refractivity contribution in [2.75, 3.05) is 20.1 Å². The number of unbranched alkanes of at least 4 members (excludes halogenated alkanes) is 1. The van der Waals surface area contributed by atoms with E-state index >= 15 is 0 Å². The molecule has 0 spiro atoms. The van der Waals surface area contributed by atoms with Crippen LogP contribution in [-0.2, 0) is 0 Å². The van der Waals surface area contributed by atoms with Gasteiger partial charge in [-0.25, -0.2) is 0 Å². The van der Waals surface area contributed by atoms with Crippen molar-refractivity contribution in [2.24, 2.45) is 0 Å². The lowest BCUT2D eigenvalue weighted by Crippen LogP contribution is -2.29. The summed E-state index contributed by atoms with van der Waals surface area (Å²) in [5, 5.41) is 2.94. The summed E-state index contributed by atoms with van der Waals surface area (Å²) in [6, 6.07) is 9.94. The summed E-state index contributed by atoms with van der Waals surface area (Å²) in [6.45, 7) is 6.22. The van der Waals surface area contributed by atoms with Gasteiger partial charge in [0.2, 0.25) is 0 Å². The molecule has 0 unspecified atom stereocenters. The maximum Gasteiger partial charge on any atom is 0.251 e. The molecule has 0 saturated carbocycles. The van der Waals surface area contributed by atoms with Crippen LogP contribution < -0.4 is 5.32 Å². The van der Waals surface area contributed by atoms with Gasteiger partial charge in [-0.1, -0.05) is 18.2 Å². The van der Waals surface area contributed by atoms with Gasteiger partial charge in [0, 0.05) is 18.2 Å². The fourth-order valence-corrected chi connectivity index (χ4v) is 1.64. The molecule has 0 aliphatic rings. The zero-order valence-electron chi connectivity index (χ0n) is 11.6. The lowest BCUT2D eigenvalue weighted by atomic mass is 10.2. The van der Waals surface area contributed by atoms with Gasteiger partial charge in [-0.2, -0.15) is 0 Å². The molecule has 0 heterocycles. The summed E-state index contributed by atoms with van der Waals surface area (Å²) in [4.78, 5) is 14.0. The minimum atomic E-state index is 0.0211. The van der Waals surface area contributed by atoms with E-state index in [0.717, 1.165) is 31.5 Å². The maximum absolute atomic E-state index is 11.7. The molecular weight excluding hydrogens is 224 g/mol. The van der Waals surface area contributed by atoms with Gasteiger partial charge in [0.15, 0.2) is 0 Å². The lowest BCUT2D eigenvalue weighted by Gasteiger charge is -2.20. The van der Waals surface area contributed by atoms with Gasteiger partial charge in [-0.05, 0) is 52.4 Å². The van der Waals surface area contributed by atoms with Gasteiger partial charge < -0.3 is 10.2 Å². The highest BCUT2D eigenvalue weighted by Gasteiger charge is 2.04. The van der Waals surface area contributed by atoms with Crippen LogP contribution in [0.3, 0.4) is 0 Å². The first kappa shape index (κ1) is 14.7. The molecular formula is C15H24N2O. The average Bonchev–Trinajstić information content (AvgIpc) is 2.38. The van der Waals surface area contributed by atoms with Crippen LogP contribution in [0.5, 0.6) is 0 Å². The summed E-state index contributed by atoms with van der Waals surface area (Å²) in [7, 11) is 2.13. The monoisotopic (exact) mass is 248 g/mol. The van der Waals surface area contributed by atoms with Crippen LogP contribution in [0.25, 0.3) is 0 Å². The summed E-state index contributed by atoms with van der Waals surface area (Å²) in [5.74, 6) is 0.0211. The zero-order chi connectivity index (χ0) is 13.4. The van der Waals surface area contributed by atoms with Crippen LogP contribution >= 0.6 is 0 Å². The van der Waals surface area contributed by atoms with E-state index in [9.17, 15) is 4.79 Å². The number of benzene rings is 1. The summed E-state index contributed by atoms with van der Waals surface area (Å²) < 4.78 is 0. The summed E-state index contributed by atoms with van der Waals surface area (Å²) in [5.41, 5.74) is 0.733. The van der Waals surface area contributed by atoms with Crippen LogP contribution in [0.1, 0.15) is 37.0 Å². The van der Waals surface area contributed by atoms with Crippen LogP contribution in [0.15, 0.2) is 30.3 Å². The number of rotatable bonds is 7. The van der Waals surface area contributed by atoms with Gasteiger partial charge in [0.1, 0.15) is 0 Å². The second-order valence-corrected chi connectivity index (χ2v) is 4.90. The molecule has 0 fully saturated rings. The Morgan fingerprint density at radius 2 is 1.89 bits per heavy atom. The molecule has 0 aliphatic carbocycles. The summed E-state index contributed by atoms with van der Waals surface area (Å²) in [6.07, 6.45) is 2.14. The zero-order valence-corrected chi connectivity index (χ0v) is 11.6. The smallest absolute Gasteiger partial charge is 0.251 e. The molecule has 0 atom stereocenters. The van der Waals surface area contributed by atoms with Crippen LogP contribution in [-0.4, -0.2) is 37.0 Å². The van der Waals surface area contributed by atoms with Crippen LogP contribution in [0.4, 0.5) is 0 Å². The minimum absolute atomic E-state index is 0.0211. The molecule has 100 valence electrons. The first-order valence-corrected chi connectivity index (χ1v) is 6.64. The van der Waals surface area contributed by atoms with Crippen molar-refractivity contribution in [3.63, 3.8) is 0 Å². The van der Waals surface area contributed by atoms with Crippen molar-refractivity contribution in [3.8, 4) is 0 Å². The molecule has 0 bridgehead atoms. The molecule has 0 radical (unpaired) electrons. The Labute approximate surface area is 110 Å². The molecule has 0 saturated heterocycles. The van der Waals surface area contributed by atoms with E-state index in [2.05, 4.69) is 31.1 Å². The van der Waals surface area contributed by atoms with E-state index in [0.29, 0.717) is 6.04 Å². The number of hydrogen-bond acceptors (Lipinski definition) is 2. The van der Waals surface area contributed by atoms with E-state index in [1.807, 2.05) is 30.3 Å². The van der Waals surface area contributed by atoms with Crippen molar-refractivity contribution >= 4 is 5.91 Å². The molecule has 3 nitrogen and oxygen atoms in total. The van der Waals surface area contributed by atoms with Crippen molar-refractivity contribution < 1.29 is 4.79 Å². The fraction of sp³-hybridized carbons (Fsp3) is 0.533. The SMILES string of the molecule is CC(C)N(C)CCCCNC(=O)c1ccccc1. The van der Waals surface area contributed by atoms with E-state index in [-0.39, 0.29) is 5.91 Å². The van der Waals surface area contributed by atoms with Crippen LogP contribution in [0, 0.1) is 0 Å². The van der Waals surface area contributed by atoms with E-state index < -0.39 is 0 Å². The topological polar surface area (TPSA) is 32.3 Å². The van der Waals surface area contributed by atoms with Crippen molar-refractivity contribution in [3.05, 3.63) is 35.9 Å². The van der Waals surface area contributed by atoms with Crippen molar-refractivity contribution in [1.29, 1.82) is 0 Å². The molecule has 1 N–H and O–H groups in total. The number of carbonyl (C=O) groups excluding carboxylic acids is 1. The molecule has 0 aromatic heterocycles. The summed E-state index contributed by atoms with van der Waals surface area (Å²) >= 11 is 0. The Balaban J connectivity index is 2.13. The highest BCUT2D eigenvalue weighted by Crippen LogP contribution is 1.99. The normalized spacial score (nSPS) is 10.9. The van der Waals surface area contributed by atoms with Crippen LogP contribution in [0.2, 0.25) is 0 Å². The van der Waals surface area contributed by atoms with Crippen molar-refractivity contribution in [1.82, 2.24) is 10.2 Å². The first-order chi connectivity index (χ1) is 8.61. The number of hydrogen-bond donors (Lipinski definition) is 1. The minimum Gasteiger partial charge on any atom is -0.352 e. The van der Waals surface area contributed by atoms with Crippen molar-refractivity contribution in [2.45, 2.75) is 32.7 Å². The molecule has 3 heteroatoms. The highest BCUT2D eigenvalue weighted by atomic mass is 16.1. The quantitative estimate of drug-likeness (QED) is 0.752. The molecule has 0 aliphatic heterocycles. The number of nitrogens with one attached hydrogen (secondary N) is 1. The first-order valence-electron chi connectivity index (χ1n) is 6.64. The Bertz CT molecular complexity index is 349. The third-order valence-corrected chi connectivity index (χ3v) is 3.14. The average molecular weight is 248 g/mol. The standard InChI is InChI=1S/C15H24N2O/c1-13(2)17(3)12-8-7-11-16-15(18)14-9-5-4-6-10-14/h4-6,9-10,13H,7-8,11-12H2,1-3H3,(H,16,18). The van der Waals surface area contributed by atoms with Gasteiger partial charge in [0.25, 0.3) is 5.91 Å². The Morgan fingerprint density at radius 1 is 1.22 bits per heavy atom. The predicted molar refractivity (Wildman–Crippen MR) is 75.8 cm³/mol. The molecule has 18 heavy (non-hydrogen) atoms. The third kappa shape index (κ3) is 5.32.